The van der Waals surface area contributed by atoms with Gasteiger partial charge in [0.1, 0.15) is 5.82 Å². The first-order valence-electron chi connectivity index (χ1n) is 8.42. The van der Waals surface area contributed by atoms with E-state index < -0.39 is 0 Å². The molecule has 4 nitrogen and oxygen atoms in total. The summed E-state index contributed by atoms with van der Waals surface area (Å²) in [5.74, 6) is 2.58. The van der Waals surface area contributed by atoms with Crippen molar-refractivity contribution in [2.75, 3.05) is 18.4 Å². The molecular weight excluding hydrogens is 292 g/mol. The summed E-state index contributed by atoms with van der Waals surface area (Å²) in [6.45, 7) is 3.12. The molecule has 22 heavy (non-hydrogen) atoms. The predicted octanol–water partition coefficient (Wildman–Crippen LogP) is 3.51. The van der Waals surface area contributed by atoms with Crippen LogP contribution in [0, 0.1) is 11.8 Å². The number of nitrogens with one attached hydrogen (secondary N) is 2. The topological polar surface area (TPSA) is 41.9 Å². The largest absolute Gasteiger partial charge is 0.370 e. The average Bonchev–Trinajstić information content (AvgIpc) is 3.30. The van der Waals surface area contributed by atoms with E-state index in [1.807, 2.05) is 17.5 Å². The quantitative estimate of drug-likeness (QED) is 0.887. The summed E-state index contributed by atoms with van der Waals surface area (Å²) in [5, 5.41) is 14.0. The number of nitrogens with zero attached hydrogens (tertiary/aromatic N) is 2. The minimum absolute atomic E-state index is 0.543. The van der Waals surface area contributed by atoms with Crippen molar-refractivity contribution in [3.63, 3.8) is 0 Å². The van der Waals surface area contributed by atoms with E-state index in [1.165, 1.54) is 30.6 Å². The van der Waals surface area contributed by atoms with E-state index in [4.69, 9.17) is 0 Å². The zero-order valence-corrected chi connectivity index (χ0v) is 13.7. The molecule has 5 heteroatoms. The van der Waals surface area contributed by atoms with E-state index in [0.29, 0.717) is 12.0 Å². The van der Waals surface area contributed by atoms with Crippen LogP contribution in [0.25, 0.3) is 0 Å². The summed E-state index contributed by atoms with van der Waals surface area (Å²) in [4.78, 5) is 1.51. The van der Waals surface area contributed by atoms with Gasteiger partial charge in [0.25, 0.3) is 0 Å². The molecule has 2 aromatic rings. The average molecular weight is 316 g/mol. The Morgan fingerprint density at radius 1 is 1.36 bits per heavy atom. The van der Waals surface area contributed by atoms with Crippen LogP contribution in [0.2, 0.25) is 0 Å². The second kappa shape index (κ2) is 6.42. The number of anilines is 1. The maximum atomic E-state index is 4.39. The first kappa shape index (κ1) is 14.3. The van der Waals surface area contributed by atoms with Crippen LogP contribution in [0.15, 0.2) is 29.8 Å². The van der Waals surface area contributed by atoms with Crippen LogP contribution in [0.5, 0.6) is 0 Å². The Hall–Kier alpha value is -1.33. The maximum Gasteiger partial charge on any atom is 0.124 e. The van der Waals surface area contributed by atoms with Gasteiger partial charge in [-0.1, -0.05) is 18.9 Å². The lowest BCUT2D eigenvalue weighted by Crippen LogP contribution is -2.38. The van der Waals surface area contributed by atoms with Crippen molar-refractivity contribution >= 4 is 17.2 Å². The molecule has 3 heterocycles. The Bertz CT molecular complexity index is 586. The van der Waals surface area contributed by atoms with E-state index in [1.54, 1.807) is 0 Å². The third kappa shape index (κ3) is 2.92. The minimum atomic E-state index is 0.543. The van der Waals surface area contributed by atoms with Gasteiger partial charge in [0, 0.05) is 42.5 Å². The highest BCUT2D eigenvalue weighted by Crippen LogP contribution is 2.37. The van der Waals surface area contributed by atoms with E-state index in [2.05, 4.69) is 44.0 Å². The molecule has 1 saturated carbocycles. The highest BCUT2D eigenvalue weighted by Gasteiger charge is 2.28. The molecule has 0 spiro atoms. The van der Waals surface area contributed by atoms with Crippen LogP contribution in [-0.2, 0) is 6.54 Å². The van der Waals surface area contributed by atoms with Crippen LogP contribution in [-0.4, -0.2) is 22.9 Å². The van der Waals surface area contributed by atoms with E-state index in [0.717, 1.165) is 31.4 Å². The Balaban J connectivity index is 1.40. The molecule has 0 amide bonds. The van der Waals surface area contributed by atoms with E-state index in [-0.39, 0.29) is 0 Å². The molecule has 4 rings (SSSR count). The third-order valence-electron chi connectivity index (χ3n) is 5.07. The number of fused-ring (bicyclic) bond motifs is 1. The van der Waals surface area contributed by atoms with Crippen molar-refractivity contribution in [2.24, 2.45) is 11.8 Å². The molecule has 0 radical (unpaired) electrons. The Morgan fingerprint density at radius 3 is 3.09 bits per heavy atom. The first-order chi connectivity index (χ1) is 10.9. The molecule has 1 fully saturated rings. The zero-order valence-electron chi connectivity index (χ0n) is 12.9. The SMILES string of the molecule is c1csc([C@H](NC[C@@H]2CNc3ccnn3C2)C2CCCC2)c1. The molecule has 1 aliphatic heterocycles. The zero-order chi connectivity index (χ0) is 14.8. The normalized spacial score (nSPS) is 23.2. The van der Waals surface area contributed by atoms with Crippen molar-refractivity contribution in [1.29, 1.82) is 0 Å². The van der Waals surface area contributed by atoms with E-state index in [9.17, 15) is 0 Å². The molecule has 1 aliphatic carbocycles. The molecule has 2 atom stereocenters. The lowest BCUT2D eigenvalue weighted by Gasteiger charge is -2.29. The molecule has 0 bridgehead atoms. The highest BCUT2D eigenvalue weighted by molar-refractivity contribution is 7.10. The fraction of sp³-hybridized carbons (Fsp3) is 0.588. The summed E-state index contributed by atoms with van der Waals surface area (Å²) >= 11 is 1.90. The summed E-state index contributed by atoms with van der Waals surface area (Å²) in [7, 11) is 0. The fourth-order valence-corrected chi connectivity index (χ4v) is 4.77. The fourth-order valence-electron chi connectivity index (χ4n) is 3.88. The molecule has 2 aliphatic rings. The van der Waals surface area contributed by atoms with Gasteiger partial charge < -0.3 is 10.6 Å². The second-order valence-corrected chi connectivity index (χ2v) is 7.57. The first-order valence-corrected chi connectivity index (χ1v) is 9.30. The molecule has 0 unspecified atom stereocenters. The van der Waals surface area contributed by atoms with Crippen LogP contribution in [0.3, 0.4) is 0 Å². The van der Waals surface area contributed by atoms with Gasteiger partial charge in [-0.05, 0) is 30.2 Å². The number of thiophene rings is 1. The molecule has 0 aromatic carbocycles. The Labute approximate surface area is 135 Å². The molecule has 2 N–H and O–H groups in total. The van der Waals surface area contributed by atoms with Crippen LogP contribution >= 0.6 is 11.3 Å². The smallest absolute Gasteiger partial charge is 0.124 e. The predicted molar refractivity (Wildman–Crippen MR) is 91.2 cm³/mol. The van der Waals surface area contributed by atoms with Gasteiger partial charge in [-0.25, -0.2) is 4.68 Å². The molecule has 0 saturated heterocycles. The van der Waals surface area contributed by atoms with Gasteiger partial charge in [0.2, 0.25) is 0 Å². The number of aromatic nitrogens is 2. The van der Waals surface area contributed by atoms with Gasteiger partial charge in [-0.15, -0.1) is 11.3 Å². The summed E-state index contributed by atoms with van der Waals surface area (Å²) in [6.07, 6.45) is 7.43. The second-order valence-electron chi connectivity index (χ2n) is 6.59. The Morgan fingerprint density at radius 2 is 2.27 bits per heavy atom. The number of hydrogen-bond acceptors (Lipinski definition) is 4. The number of hydrogen-bond donors (Lipinski definition) is 2. The number of rotatable bonds is 5. The monoisotopic (exact) mass is 316 g/mol. The summed E-state index contributed by atoms with van der Waals surface area (Å²) in [6, 6.07) is 7.07. The molecular formula is C17H24N4S. The van der Waals surface area contributed by atoms with Crippen LogP contribution < -0.4 is 10.6 Å². The minimum Gasteiger partial charge on any atom is -0.370 e. The van der Waals surface area contributed by atoms with Gasteiger partial charge in [-0.3, -0.25) is 0 Å². The summed E-state index contributed by atoms with van der Waals surface area (Å²) in [5.41, 5.74) is 0. The standard InChI is InChI=1S/C17H24N4S/c1-2-5-14(4-1)17(15-6-3-9-22-15)19-11-13-10-18-16-7-8-20-21(16)12-13/h3,6-9,13-14,17-19H,1-2,4-5,10-12H2/t13-,17+/m0/s1. The van der Waals surface area contributed by atoms with Gasteiger partial charge >= 0.3 is 0 Å². The highest BCUT2D eigenvalue weighted by atomic mass is 32.1. The molecule has 2 aromatic heterocycles. The van der Waals surface area contributed by atoms with Gasteiger partial charge in [0.15, 0.2) is 0 Å². The maximum absolute atomic E-state index is 4.39. The molecule has 118 valence electrons. The lowest BCUT2D eigenvalue weighted by atomic mass is 9.96. The van der Waals surface area contributed by atoms with Crippen LogP contribution in [0.4, 0.5) is 5.82 Å². The van der Waals surface area contributed by atoms with Crippen LogP contribution in [0.1, 0.15) is 36.6 Å². The lowest BCUT2D eigenvalue weighted by molar-refractivity contribution is 0.321. The van der Waals surface area contributed by atoms with Crippen molar-refractivity contribution in [3.8, 4) is 0 Å². The van der Waals surface area contributed by atoms with Gasteiger partial charge in [0.05, 0.1) is 6.20 Å². The Kier molecular flexibility index (Phi) is 4.17. The third-order valence-corrected chi connectivity index (χ3v) is 6.02. The van der Waals surface area contributed by atoms with Crippen molar-refractivity contribution in [3.05, 3.63) is 34.7 Å². The van der Waals surface area contributed by atoms with E-state index >= 15 is 0 Å². The van der Waals surface area contributed by atoms with Crippen molar-refractivity contribution < 1.29 is 0 Å². The van der Waals surface area contributed by atoms with Crippen molar-refractivity contribution in [1.82, 2.24) is 15.1 Å². The van der Waals surface area contributed by atoms with Gasteiger partial charge in [-0.2, -0.15) is 5.10 Å². The summed E-state index contributed by atoms with van der Waals surface area (Å²) < 4.78 is 2.09. The van der Waals surface area contributed by atoms with Crippen molar-refractivity contribution in [2.45, 2.75) is 38.3 Å².